The van der Waals surface area contributed by atoms with Crippen LogP contribution in [0.15, 0.2) is 24.5 Å². The van der Waals surface area contributed by atoms with Crippen LogP contribution in [0.1, 0.15) is 23.0 Å². The molecule has 0 saturated heterocycles. The number of methoxy groups -OCH3 is 1. The molecule has 0 aliphatic carbocycles. The number of aromatic amines is 1. The predicted molar refractivity (Wildman–Crippen MR) is 66.8 cm³/mol. The van der Waals surface area contributed by atoms with Crippen molar-refractivity contribution in [2.45, 2.75) is 12.5 Å². The minimum absolute atomic E-state index is 0.0398. The van der Waals surface area contributed by atoms with Gasteiger partial charge in [-0.1, -0.05) is 0 Å². The van der Waals surface area contributed by atoms with Crippen LogP contribution >= 0.6 is 0 Å². The first-order valence-electron chi connectivity index (χ1n) is 5.92. The zero-order chi connectivity index (χ0) is 12.5. The van der Waals surface area contributed by atoms with E-state index in [-0.39, 0.29) is 11.8 Å². The smallest absolute Gasteiger partial charge is 0.124 e. The number of nitrogens with one attached hydrogen (secondary N) is 2. The van der Waals surface area contributed by atoms with Gasteiger partial charge in [-0.25, -0.2) is 4.98 Å². The molecule has 0 amide bonds. The molecule has 1 aromatic carbocycles. The Labute approximate surface area is 105 Å². The van der Waals surface area contributed by atoms with Crippen molar-refractivity contribution < 1.29 is 9.84 Å². The molecule has 1 atom stereocenters. The Morgan fingerprint density at radius 2 is 2.33 bits per heavy atom. The molecule has 2 aromatic rings. The number of fused-ring (bicyclic) bond motifs is 1. The SMILES string of the molecule is COc1ccc(O)cc1[C@@H]1NCCc2[nH]cnc21. The van der Waals surface area contributed by atoms with Crippen molar-refractivity contribution in [3.8, 4) is 11.5 Å². The third-order valence-corrected chi connectivity index (χ3v) is 3.27. The molecule has 0 spiro atoms. The molecule has 2 heterocycles. The molecule has 0 radical (unpaired) electrons. The largest absolute Gasteiger partial charge is 0.508 e. The predicted octanol–water partition coefficient (Wildman–Crippen LogP) is 1.36. The summed E-state index contributed by atoms with van der Waals surface area (Å²) in [5, 5.41) is 13.1. The molecule has 1 aromatic heterocycles. The van der Waals surface area contributed by atoms with Crippen molar-refractivity contribution in [2.75, 3.05) is 13.7 Å². The third-order valence-electron chi connectivity index (χ3n) is 3.27. The van der Waals surface area contributed by atoms with E-state index in [1.165, 1.54) is 0 Å². The summed E-state index contributed by atoms with van der Waals surface area (Å²) in [5.41, 5.74) is 3.03. The van der Waals surface area contributed by atoms with Crippen LogP contribution < -0.4 is 10.1 Å². The molecule has 1 aliphatic rings. The minimum atomic E-state index is -0.0398. The quantitative estimate of drug-likeness (QED) is 0.747. The van der Waals surface area contributed by atoms with Gasteiger partial charge >= 0.3 is 0 Å². The van der Waals surface area contributed by atoms with Gasteiger partial charge in [-0.15, -0.1) is 0 Å². The second-order valence-electron chi connectivity index (χ2n) is 4.33. The molecule has 3 N–H and O–H groups in total. The molecular weight excluding hydrogens is 230 g/mol. The zero-order valence-corrected chi connectivity index (χ0v) is 10.1. The van der Waals surface area contributed by atoms with Gasteiger partial charge < -0.3 is 20.1 Å². The first-order chi connectivity index (χ1) is 8.79. The van der Waals surface area contributed by atoms with Gasteiger partial charge in [-0.3, -0.25) is 0 Å². The van der Waals surface area contributed by atoms with Crippen LogP contribution in [0.25, 0.3) is 0 Å². The lowest BCUT2D eigenvalue weighted by molar-refractivity contribution is 0.398. The first-order valence-corrected chi connectivity index (χ1v) is 5.92. The number of ether oxygens (including phenoxy) is 1. The number of aromatic hydroxyl groups is 1. The van der Waals surface area contributed by atoms with E-state index < -0.39 is 0 Å². The van der Waals surface area contributed by atoms with Crippen LogP contribution in [0.2, 0.25) is 0 Å². The van der Waals surface area contributed by atoms with Crippen molar-refractivity contribution in [3.63, 3.8) is 0 Å². The fourth-order valence-electron chi connectivity index (χ4n) is 2.42. The van der Waals surface area contributed by atoms with Crippen molar-refractivity contribution in [3.05, 3.63) is 41.5 Å². The van der Waals surface area contributed by atoms with Crippen LogP contribution in [0.5, 0.6) is 11.5 Å². The molecule has 94 valence electrons. The van der Waals surface area contributed by atoms with Crippen LogP contribution in [0, 0.1) is 0 Å². The number of H-pyrrole nitrogens is 1. The summed E-state index contributed by atoms with van der Waals surface area (Å²) >= 11 is 0. The Hall–Kier alpha value is -2.01. The van der Waals surface area contributed by atoms with Crippen molar-refractivity contribution in [2.24, 2.45) is 0 Å². The number of phenolic OH excluding ortho intramolecular Hbond substituents is 1. The third kappa shape index (κ3) is 1.73. The number of hydrogen-bond acceptors (Lipinski definition) is 4. The summed E-state index contributed by atoms with van der Waals surface area (Å²) in [4.78, 5) is 7.52. The highest BCUT2D eigenvalue weighted by Crippen LogP contribution is 2.34. The lowest BCUT2D eigenvalue weighted by atomic mass is 9.97. The Bertz CT molecular complexity index is 565. The molecular formula is C13H15N3O2. The summed E-state index contributed by atoms with van der Waals surface area (Å²) in [7, 11) is 1.63. The van der Waals surface area contributed by atoms with E-state index in [0.717, 1.165) is 35.7 Å². The summed E-state index contributed by atoms with van der Waals surface area (Å²) in [6.45, 7) is 0.874. The lowest BCUT2D eigenvalue weighted by Gasteiger charge is -2.24. The highest BCUT2D eigenvalue weighted by atomic mass is 16.5. The average molecular weight is 245 g/mol. The van der Waals surface area contributed by atoms with Gasteiger partial charge in [0.1, 0.15) is 11.5 Å². The van der Waals surface area contributed by atoms with E-state index in [0.29, 0.717) is 0 Å². The fraction of sp³-hybridized carbons (Fsp3) is 0.308. The number of nitrogens with zero attached hydrogens (tertiary/aromatic N) is 1. The van der Waals surface area contributed by atoms with Gasteiger partial charge in [0, 0.05) is 24.2 Å². The summed E-state index contributed by atoms with van der Waals surface area (Å²) in [6, 6.07) is 5.08. The second kappa shape index (κ2) is 4.34. The van der Waals surface area contributed by atoms with Crippen LogP contribution in [-0.2, 0) is 6.42 Å². The Morgan fingerprint density at radius 3 is 3.17 bits per heavy atom. The highest BCUT2D eigenvalue weighted by Gasteiger charge is 2.26. The van der Waals surface area contributed by atoms with Gasteiger partial charge in [0.05, 0.1) is 25.2 Å². The van der Waals surface area contributed by atoms with Gasteiger partial charge in [-0.05, 0) is 18.2 Å². The molecule has 3 rings (SSSR count). The molecule has 0 saturated carbocycles. The molecule has 5 heteroatoms. The van der Waals surface area contributed by atoms with Crippen molar-refractivity contribution >= 4 is 0 Å². The van der Waals surface area contributed by atoms with Crippen LogP contribution in [0.3, 0.4) is 0 Å². The van der Waals surface area contributed by atoms with E-state index >= 15 is 0 Å². The number of rotatable bonds is 2. The molecule has 0 unspecified atom stereocenters. The Kier molecular flexibility index (Phi) is 2.68. The molecule has 0 fully saturated rings. The topological polar surface area (TPSA) is 70.2 Å². The fourth-order valence-corrected chi connectivity index (χ4v) is 2.42. The highest BCUT2D eigenvalue weighted by molar-refractivity contribution is 5.45. The summed E-state index contributed by atoms with van der Waals surface area (Å²) in [5.74, 6) is 0.983. The molecule has 18 heavy (non-hydrogen) atoms. The molecule has 0 bridgehead atoms. The van der Waals surface area contributed by atoms with E-state index in [1.807, 2.05) is 0 Å². The van der Waals surface area contributed by atoms with Gasteiger partial charge in [0.15, 0.2) is 0 Å². The molecule has 5 nitrogen and oxygen atoms in total. The maximum absolute atomic E-state index is 9.65. The maximum atomic E-state index is 9.65. The number of benzene rings is 1. The zero-order valence-electron chi connectivity index (χ0n) is 10.1. The van der Waals surface area contributed by atoms with Crippen LogP contribution in [-0.4, -0.2) is 28.7 Å². The Morgan fingerprint density at radius 1 is 1.44 bits per heavy atom. The second-order valence-corrected chi connectivity index (χ2v) is 4.33. The van der Waals surface area contributed by atoms with E-state index in [4.69, 9.17) is 4.74 Å². The first kappa shape index (κ1) is 11.1. The van der Waals surface area contributed by atoms with E-state index in [9.17, 15) is 5.11 Å². The van der Waals surface area contributed by atoms with Crippen molar-refractivity contribution in [1.82, 2.24) is 15.3 Å². The van der Waals surface area contributed by atoms with Gasteiger partial charge in [0.2, 0.25) is 0 Å². The molecule has 1 aliphatic heterocycles. The number of imidazole rings is 1. The van der Waals surface area contributed by atoms with Gasteiger partial charge in [0.25, 0.3) is 0 Å². The van der Waals surface area contributed by atoms with Gasteiger partial charge in [-0.2, -0.15) is 0 Å². The minimum Gasteiger partial charge on any atom is -0.508 e. The number of aromatic nitrogens is 2. The normalized spacial score (nSPS) is 18.4. The maximum Gasteiger partial charge on any atom is 0.124 e. The number of phenols is 1. The van der Waals surface area contributed by atoms with E-state index in [1.54, 1.807) is 31.6 Å². The van der Waals surface area contributed by atoms with Crippen LogP contribution in [0.4, 0.5) is 0 Å². The summed E-state index contributed by atoms with van der Waals surface area (Å²) < 4.78 is 5.36. The standard InChI is InChI=1S/C13H15N3O2/c1-18-11-3-2-8(17)6-9(11)12-13-10(4-5-14-12)15-7-16-13/h2-3,6-7,12,14,17H,4-5H2,1H3,(H,15,16)/t12-/m0/s1. The monoisotopic (exact) mass is 245 g/mol. The lowest BCUT2D eigenvalue weighted by Crippen LogP contribution is -2.31. The van der Waals surface area contributed by atoms with Crippen molar-refractivity contribution in [1.29, 1.82) is 0 Å². The number of hydrogen-bond donors (Lipinski definition) is 3. The Balaban J connectivity index is 2.09. The summed E-state index contributed by atoms with van der Waals surface area (Å²) in [6.07, 6.45) is 2.65. The average Bonchev–Trinajstić information content (AvgIpc) is 2.86. The van der Waals surface area contributed by atoms with E-state index in [2.05, 4.69) is 15.3 Å².